The van der Waals surface area contributed by atoms with Crippen molar-refractivity contribution in [3.8, 4) is 0 Å². The minimum absolute atomic E-state index is 0.192. The number of amides is 3. The van der Waals surface area contributed by atoms with Gasteiger partial charge in [-0.1, -0.05) is 17.4 Å². The van der Waals surface area contributed by atoms with Gasteiger partial charge in [-0.3, -0.25) is 4.79 Å². The van der Waals surface area contributed by atoms with E-state index in [0.717, 1.165) is 4.70 Å². The molecule has 128 valence electrons. The lowest BCUT2D eigenvalue weighted by molar-refractivity contribution is -0.114. The Labute approximate surface area is 147 Å². The molecule has 0 bridgehead atoms. The first kappa shape index (κ1) is 16.8. The number of urea groups is 1. The van der Waals surface area contributed by atoms with Crippen LogP contribution in [0, 0.1) is 12.7 Å². The number of halogens is 1. The van der Waals surface area contributed by atoms with E-state index in [-0.39, 0.29) is 11.7 Å². The highest BCUT2D eigenvalue weighted by Crippen LogP contribution is 2.28. The first-order valence-corrected chi connectivity index (χ1v) is 8.25. The Balaban J connectivity index is 1.72. The topological polar surface area (TPSA) is 83.1 Å². The predicted octanol–water partition coefficient (Wildman–Crippen LogP) is 4.35. The zero-order chi connectivity index (χ0) is 18.0. The van der Waals surface area contributed by atoms with Crippen molar-refractivity contribution >= 4 is 50.0 Å². The molecule has 0 saturated carbocycles. The largest absolute Gasteiger partial charge is 0.323 e. The fraction of sp³-hybridized carbons (Fsp3) is 0.118. The number of carbonyl (C=O) groups is 2. The lowest BCUT2D eigenvalue weighted by atomic mass is 10.2. The van der Waals surface area contributed by atoms with Crippen LogP contribution in [0.3, 0.4) is 0 Å². The van der Waals surface area contributed by atoms with Gasteiger partial charge in [0, 0.05) is 18.3 Å². The van der Waals surface area contributed by atoms with Crippen molar-refractivity contribution < 1.29 is 14.0 Å². The van der Waals surface area contributed by atoms with Crippen LogP contribution in [-0.4, -0.2) is 16.9 Å². The summed E-state index contributed by atoms with van der Waals surface area (Å²) in [5, 5.41) is 8.37. The number of hydrogen-bond acceptors (Lipinski definition) is 4. The molecule has 0 aliphatic heterocycles. The Morgan fingerprint density at radius 1 is 1.04 bits per heavy atom. The maximum atomic E-state index is 13.5. The van der Waals surface area contributed by atoms with Crippen LogP contribution in [0.4, 0.5) is 25.7 Å². The van der Waals surface area contributed by atoms with Crippen LogP contribution in [0.5, 0.6) is 0 Å². The monoisotopic (exact) mass is 358 g/mol. The van der Waals surface area contributed by atoms with Crippen LogP contribution < -0.4 is 16.0 Å². The lowest BCUT2D eigenvalue weighted by Gasteiger charge is -2.08. The van der Waals surface area contributed by atoms with Crippen LogP contribution in [0.15, 0.2) is 36.4 Å². The molecule has 0 unspecified atom stereocenters. The van der Waals surface area contributed by atoms with Crippen molar-refractivity contribution in [1.82, 2.24) is 4.98 Å². The van der Waals surface area contributed by atoms with E-state index in [0.29, 0.717) is 27.6 Å². The van der Waals surface area contributed by atoms with Gasteiger partial charge in [-0.2, -0.15) is 0 Å². The summed E-state index contributed by atoms with van der Waals surface area (Å²) in [6.45, 7) is 3.06. The van der Waals surface area contributed by atoms with Crippen molar-refractivity contribution in [2.45, 2.75) is 13.8 Å². The van der Waals surface area contributed by atoms with Crippen LogP contribution >= 0.6 is 11.3 Å². The Bertz CT molecular complexity index is 970. The number of thiazole rings is 1. The normalized spacial score (nSPS) is 10.5. The molecule has 3 aromatic rings. The van der Waals surface area contributed by atoms with Crippen LogP contribution in [-0.2, 0) is 4.79 Å². The molecule has 1 heterocycles. The third-order valence-electron chi connectivity index (χ3n) is 3.36. The summed E-state index contributed by atoms with van der Waals surface area (Å²) in [5.41, 5.74) is 2.07. The second-order valence-corrected chi connectivity index (χ2v) is 6.46. The van der Waals surface area contributed by atoms with Gasteiger partial charge in [0.05, 0.1) is 10.2 Å². The number of aryl methyl sites for hydroxylation is 1. The zero-order valence-electron chi connectivity index (χ0n) is 13.5. The van der Waals surface area contributed by atoms with Gasteiger partial charge in [0.15, 0.2) is 5.13 Å². The summed E-state index contributed by atoms with van der Waals surface area (Å²) in [6, 6.07) is 9.23. The van der Waals surface area contributed by atoms with E-state index in [9.17, 15) is 14.0 Å². The molecule has 0 saturated heterocycles. The van der Waals surface area contributed by atoms with Gasteiger partial charge in [0.2, 0.25) is 5.91 Å². The molecule has 8 heteroatoms. The number of nitrogens with zero attached hydrogens (tertiary/aromatic N) is 1. The summed E-state index contributed by atoms with van der Waals surface area (Å²) in [7, 11) is 0. The van der Waals surface area contributed by atoms with E-state index < -0.39 is 6.03 Å². The third kappa shape index (κ3) is 4.10. The quantitative estimate of drug-likeness (QED) is 0.651. The highest BCUT2D eigenvalue weighted by Gasteiger charge is 2.08. The van der Waals surface area contributed by atoms with E-state index in [4.69, 9.17) is 0 Å². The highest BCUT2D eigenvalue weighted by molar-refractivity contribution is 7.22. The molecule has 1 aromatic heterocycles. The fourth-order valence-electron chi connectivity index (χ4n) is 2.17. The molecule has 0 radical (unpaired) electrons. The first-order valence-electron chi connectivity index (χ1n) is 7.43. The summed E-state index contributed by atoms with van der Waals surface area (Å²) in [5.74, 6) is -0.575. The zero-order valence-corrected chi connectivity index (χ0v) is 14.3. The third-order valence-corrected chi connectivity index (χ3v) is 4.31. The Morgan fingerprint density at radius 3 is 2.40 bits per heavy atom. The molecule has 3 amide bonds. The summed E-state index contributed by atoms with van der Waals surface area (Å²) in [4.78, 5) is 27.4. The van der Waals surface area contributed by atoms with Crippen molar-refractivity contribution in [3.63, 3.8) is 0 Å². The summed E-state index contributed by atoms with van der Waals surface area (Å²) >= 11 is 1.35. The molecule has 0 spiro atoms. The van der Waals surface area contributed by atoms with Gasteiger partial charge in [-0.15, -0.1) is 0 Å². The molecule has 25 heavy (non-hydrogen) atoms. The number of benzene rings is 2. The van der Waals surface area contributed by atoms with Crippen molar-refractivity contribution in [3.05, 3.63) is 47.8 Å². The van der Waals surface area contributed by atoms with Gasteiger partial charge >= 0.3 is 6.03 Å². The summed E-state index contributed by atoms with van der Waals surface area (Å²) < 4.78 is 14.4. The van der Waals surface area contributed by atoms with E-state index >= 15 is 0 Å². The number of fused-ring (bicyclic) bond motifs is 1. The van der Waals surface area contributed by atoms with Crippen molar-refractivity contribution in [2.75, 3.05) is 16.0 Å². The van der Waals surface area contributed by atoms with Gasteiger partial charge in [0.1, 0.15) is 5.82 Å². The maximum absolute atomic E-state index is 13.5. The Morgan fingerprint density at radius 2 is 1.72 bits per heavy atom. The average molecular weight is 358 g/mol. The van der Waals surface area contributed by atoms with Gasteiger partial charge in [0.25, 0.3) is 0 Å². The Kier molecular flexibility index (Phi) is 4.62. The number of aromatic nitrogens is 1. The molecular formula is C17H15FN4O2S. The number of nitrogens with one attached hydrogen (secondary N) is 3. The minimum atomic E-state index is -0.486. The molecule has 3 rings (SSSR count). The van der Waals surface area contributed by atoms with Crippen LogP contribution in [0.2, 0.25) is 0 Å². The van der Waals surface area contributed by atoms with E-state index in [2.05, 4.69) is 20.9 Å². The van der Waals surface area contributed by atoms with Gasteiger partial charge < -0.3 is 16.0 Å². The molecule has 2 aromatic carbocycles. The van der Waals surface area contributed by atoms with E-state index in [1.165, 1.54) is 24.3 Å². The maximum Gasteiger partial charge on any atom is 0.323 e. The number of carbonyl (C=O) groups excluding carboxylic acids is 2. The predicted molar refractivity (Wildman–Crippen MR) is 97.7 cm³/mol. The molecule has 6 nitrogen and oxygen atoms in total. The Hall–Kier alpha value is -3.00. The number of hydrogen-bond donors (Lipinski definition) is 3. The summed E-state index contributed by atoms with van der Waals surface area (Å²) in [6.07, 6.45) is 0. The highest BCUT2D eigenvalue weighted by atomic mass is 32.1. The van der Waals surface area contributed by atoms with E-state index in [1.807, 2.05) is 0 Å². The van der Waals surface area contributed by atoms with Crippen LogP contribution in [0.25, 0.3) is 10.2 Å². The van der Waals surface area contributed by atoms with Crippen molar-refractivity contribution in [2.24, 2.45) is 0 Å². The second kappa shape index (κ2) is 6.86. The lowest BCUT2D eigenvalue weighted by Crippen LogP contribution is -2.19. The number of rotatable bonds is 3. The second-order valence-electron chi connectivity index (χ2n) is 5.43. The van der Waals surface area contributed by atoms with Crippen molar-refractivity contribution in [1.29, 1.82) is 0 Å². The smallest absolute Gasteiger partial charge is 0.308 e. The molecule has 0 aliphatic rings. The molecule has 0 aliphatic carbocycles. The molecular weight excluding hydrogens is 343 g/mol. The average Bonchev–Trinajstić information content (AvgIpc) is 2.91. The molecule has 0 fully saturated rings. The fourth-order valence-corrected chi connectivity index (χ4v) is 3.07. The van der Waals surface area contributed by atoms with Gasteiger partial charge in [-0.05, 0) is 42.8 Å². The molecule has 0 atom stereocenters. The number of anilines is 3. The molecule has 3 N–H and O–H groups in total. The minimum Gasteiger partial charge on any atom is -0.308 e. The van der Waals surface area contributed by atoms with E-state index in [1.54, 1.807) is 37.3 Å². The SMILES string of the molecule is CC(=O)Nc1nc2cc(NC(=O)Nc3ccc(C)c(F)c3)ccc2s1. The first-order chi connectivity index (χ1) is 11.9. The van der Waals surface area contributed by atoms with Crippen LogP contribution in [0.1, 0.15) is 12.5 Å². The van der Waals surface area contributed by atoms with Gasteiger partial charge in [-0.25, -0.2) is 14.2 Å². The standard InChI is InChI=1S/C17H15FN4O2S/c1-9-3-4-11(7-13(9)18)20-16(24)21-12-5-6-15-14(8-12)22-17(25-15)19-10(2)23/h3-8H,1-2H3,(H,19,22,23)(H2,20,21,24).